The molecule has 0 saturated carbocycles. The van der Waals surface area contributed by atoms with Crippen LogP contribution >= 0.6 is 11.3 Å². The van der Waals surface area contributed by atoms with Gasteiger partial charge < -0.3 is 4.90 Å². The van der Waals surface area contributed by atoms with Crippen molar-refractivity contribution < 1.29 is 12.8 Å². The number of benzene rings is 2. The van der Waals surface area contributed by atoms with E-state index in [0.717, 1.165) is 30.1 Å². The SMILES string of the molecule is CCCc1ccc(Cc2csc(N3CCC(S(=O)(=O)c4ccc(F)cc4)CC3)n2)cc1. The third-order valence-corrected chi connectivity index (χ3v) is 9.01. The summed E-state index contributed by atoms with van der Waals surface area (Å²) in [6, 6.07) is 13.9. The summed E-state index contributed by atoms with van der Waals surface area (Å²) >= 11 is 1.62. The summed E-state index contributed by atoms with van der Waals surface area (Å²) in [7, 11) is -3.44. The minimum absolute atomic E-state index is 0.203. The molecule has 2 aromatic carbocycles. The topological polar surface area (TPSA) is 50.3 Å². The van der Waals surface area contributed by atoms with Gasteiger partial charge in [-0.15, -0.1) is 11.3 Å². The number of aryl methyl sites for hydroxylation is 1. The number of rotatable bonds is 7. The molecule has 0 aliphatic carbocycles. The van der Waals surface area contributed by atoms with E-state index < -0.39 is 20.9 Å². The maximum absolute atomic E-state index is 13.1. The van der Waals surface area contributed by atoms with Gasteiger partial charge in [-0.25, -0.2) is 17.8 Å². The molecular weight excluding hydrogens is 431 g/mol. The number of nitrogens with zero attached hydrogens (tertiary/aromatic N) is 2. The second-order valence-electron chi connectivity index (χ2n) is 8.05. The average molecular weight is 459 g/mol. The van der Waals surface area contributed by atoms with E-state index in [4.69, 9.17) is 4.98 Å². The lowest BCUT2D eigenvalue weighted by atomic mass is 10.1. The number of sulfone groups is 1. The molecule has 0 bridgehead atoms. The predicted octanol–water partition coefficient (Wildman–Crippen LogP) is 5.27. The summed E-state index contributed by atoms with van der Waals surface area (Å²) in [5, 5.41) is 2.61. The van der Waals surface area contributed by atoms with Crippen molar-refractivity contribution >= 4 is 26.3 Å². The molecule has 0 amide bonds. The van der Waals surface area contributed by atoms with E-state index >= 15 is 0 Å². The number of hydrogen-bond donors (Lipinski definition) is 0. The Morgan fingerprint density at radius 2 is 1.68 bits per heavy atom. The van der Waals surface area contributed by atoms with Gasteiger partial charge >= 0.3 is 0 Å². The number of aromatic nitrogens is 1. The van der Waals surface area contributed by atoms with Crippen LogP contribution in [-0.4, -0.2) is 31.7 Å². The fourth-order valence-corrected chi connectivity index (χ4v) is 6.63. The molecule has 0 radical (unpaired) electrons. The van der Waals surface area contributed by atoms with E-state index in [2.05, 4.69) is 41.5 Å². The van der Waals surface area contributed by atoms with Crippen LogP contribution in [-0.2, 0) is 22.7 Å². The quantitative estimate of drug-likeness (QED) is 0.453. The van der Waals surface area contributed by atoms with Crippen molar-refractivity contribution in [2.24, 2.45) is 0 Å². The normalized spacial score (nSPS) is 15.4. The van der Waals surface area contributed by atoms with Crippen molar-refractivity contribution in [3.8, 4) is 0 Å². The van der Waals surface area contributed by atoms with Crippen molar-refractivity contribution in [1.82, 2.24) is 4.98 Å². The molecule has 0 spiro atoms. The maximum atomic E-state index is 13.1. The average Bonchev–Trinajstić information content (AvgIpc) is 3.24. The van der Waals surface area contributed by atoms with E-state index in [-0.39, 0.29) is 4.90 Å². The lowest BCUT2D eigenvalue weighted by Gasteiger charge is -2.31. The highest BCUT2D eigenvalue weighted by atomic mass is 32.2. The molecule has 1 fully saturated rings. The van der Waals surface area contributed by atoms with Gasteiger partial charge in [-0.1, -0.05) is 37.6 Å². The molecule has 1 aromatic heterocycles. The van der Waals surface area contributed by atoms with Crippen LogP contribution in [0.15, 0.2) is 58.8 Å². The van der Waals surface area contributed by atoms with Gasteiger partial charge in [-0.2, -0.15) is 0 Å². The summed E-state index contributed by atoms with van der Waals surface area (Å²) in [4.78, 5) is 7.17. The lowest BCUT2D eigenvalue weighted by molar-refractivity contribution is 0.529. The Kier molecular flexibility index (Phi) is 6.72. The van der Waals surface area contributed by atoms with E-state index in [0.29, 0.717) is 25.9 Å². The van der Waals surface area contributed by atoms with Crippen LogP contribution in [0.4, 0.5) is 9.52 Å². The van der Waals surface area contributed by atoms with Gasteiger partial charge in [0, 0.05) is 24.9 Å². The zero-order chi connectivity index (χ0) is 21.8. The number of hydrogen-bond acceptors (Lipinski definition) is 5. The molecule has 31 heavy (non-hydrogen) atoms. The molecule has 4 nitrogen and oxygen atoms in total. The van der Waals surface area contributed by atoms with Crippen molar-refractivity contribution in [2.45, 2.75) is 49.2 Å². The monoisotopic (exact) mass is 458 g/mol. The first kappa shape index (κ1) is 22.0. The Balaban J connectivity index is 1.36. The second kappa shape index (κ2) is 9.49. The molecule has 0 atom stereocenters. The first-order valence-corrected chi connectivity index (χ1v) is 13.1. The number of thiazole rings is 1. The zero-order valence-electron chi connectivity index (χ0n) is 17.6. The summed E-state index contributed by atoms with van der Waals surface area (Å²) in [5.41, 5.74) is 3.66. The fraction of sp³-hybridized carbons (Fsp3) is 0.375. The van der Waals surface area contributed by atoms with Crippen molar-refractivity contribution in [3.05, 3.63) is 76.5 Å². The van der Waals surface area contributed by atoms with Gasteiger partial charge in [0.25, 0.3) is 0 Å². The van der Waals surface area contributed by atoms with Gasteiger partial charge in [0.1, 0.15) is 5.82 Å². The van der Waals surface area contributed by atoms with Crippen LogP contribution in [0.5, 0.6) is 0 Å². The highest BCUT2D eigenvalue weighted by Crippen LogP contribution is 2.29. The zero-order valence-corrected chi connectivity index (χ0v) is 19.3. The standard InChI is InChI=1S/C24H27FN2O2S2/c1-2-3-18-4-6-19(7-5-18)16-21-17-30-24(26-21)27-14-12-23(13-15-27)31(28,29)22-10-8-20(25)9-11-22/h4-11,17,23H,2-3,12-16H2,1H3. The molecule has 1 aliphatic rings. The first-order chi connectivity index (χ1) is 15.0. The molecule has 1 saturated heterocycles. The first-order valence-electron chi connectivity index (χ1n) is 10.7. The van der Waals surface area contributed by atoms with Crippen LogP contribution in [0, 0.1) is 5.82 Å². The molecule has 1 aliphatic heterocycles. The summed E-state index contributed by atoms with van der Waals surface area (Å²) in [6.07, 6.45) is 4.16. The second-order valence-corrected chi connectivity index (χ2v) is 11.1. The van der Waals surface area contributed by atoms with Crippen LogP contribution in [0.25, 0.3) is 0 Å². The van der Waals surface area contributed by atoms with Crippen LogP contribution < -0.4 is 4.90 Å². The van der Waals surface area contributed by atoms with Gasteiger partial charge in [-0.05, 0) is 54.7 Å². The molecule has 3 aromatic rings. The third kappa shape index (κ3) is 5.15. The molecule has 2 heterocycles. The Hall–Kier alpha value is -2.25. The minimum Gasteiger partial charge on any atom is -0.348 e. The lowest BCUT2D eigenvalue weighted by Crippen LogP contribution is -2.39. The fourth-order valence-electron chi connectivity index (χ4n) is 4.02. The summed E-state index contributed by atoms with van der Waals surface area (Å²) < 4.78 is 38.9. The molecular formula is C24H27FN2O2S2. The molecule has 7 heteroatoms. The minimum atomic E-state index is -3.44. The van der Waals surface area contributed by atoms with Crippen LogP contribution in [0.2, 0.25) is 0 Å². The largest absolute Gasteiger partial charge is 0.348 e. The Morgan fingerprint density at radius 3 is 2.32 bits per heavy atom. The van der Waals surface area contributed by atoms with Crippen molar-refractivity contribution in [3.63, 3.8) is 0 Å². The van der Waals surface area contributed by atoms with Crippen LogP contribution in [0.3, 0.4) is 0 Å². The van der Waals surface area contributed by atoms with E-state index in [9.17, 15) is 12.8 Å². The molecule has 164 valence electrons. The Labute approximate surface area is 187 Å². The van der Waals surface area contributed by atoms with Gasteiger partial charge in [-0.3, -0.25) is 0 Å². The van der Waals surface area contributed by atoms with Gasteiger partial charge in [0.15, 0.2) is 15.0 Å². The Morgan fingerprint density at radius 1 is 1.03 bits per heavy atom. The number of piperidine rings is 1. The highest BCUT2D eigenvalue weighted by Gasteiger charge is 2.32. The number of anilines is 1. The number of halogens is 1. The third-order valence-electron chi connectivity index (χ3n) is 5.78. The highest BCUT2D eigenvalue weighted by molar-refractivity contribution is 7.92. The van der Waals surface area contributed by atoms with Crippen molar-refractivity contribution in [1.29, 1.82) is 0 Å². The smallest absolute Gasteiger partial charge is 0.185 e. The van der Waals surface area contributed by atoms with E-state index in [1.807, 2.05) is 0 Å². The van der Waals surface area contributed by atoms with Gasteiger partial charge in [0.05, 0.1) is 15.8 Å². The van der Waals surface area contributed by atoms with E-state index in [1.165, 1.54) is 35.4 Å². The summed E-state index contributed by atoms with van der Waals surface area (Å²) in [5.74, 6) is -0.426. The Bertz CT molecular complexity index is 1100. The van der Waals surface area contributed by atoms with E-state index in [1.54, 1.807) is 11.3 Å². The molecule has 0 unspecified atom stereocenters. The molecule has 0 N–H and O–H groups in total. The van der Waals surface area contributed by atoms with Gasteiger partial charge in [0.2, 0.25) is 0 Å². The molecule has 4 rings (SSSR count). The maximum Gasteiger partial charge on any atom is 0.185 e. The van der Waals surface area contributed by atoms with Crippen molar-refractivity contribution in [2.75, 3.05) is 18.0 Å². The summed E-state index contributed by atoms with van der Waals surface area (Å²) in [6.45, 7) is 3.50. The predicted molar refractivity (Wildman–Crippen MR) is 124 cm³/mol. The van der Waals surface area contributed by atoms with Crippen LogP contribution in [0.1, 0.15) is 43.0 Å².